The molecule has 2 heteroatoms. The first-order valence-electron chi connectivity index (χ1n) is 7.27. The third-order valence-corrected chi connectivity index (χ3v) is 5.03. The number of carbonyl (C=O) groups is 1. The number of hydrogen-bond acceptors (Lipinski definition) is 1. The number of amides is 1. The van der Waals surface area contributed by atoms with Crippen LogP contribution in [0.3, 0.4) is 0 Å². The van der Waals surface area contributed by atoms with Crippen LogP contribution in [0.5, 0.6) is 0 Å². The van der Waals surface area contributed by atoms with Gasteiger partial charge in [0.05, 0.1) is 0 Å². The smallest absolute Gasteiger partial charge is 0.217 e. The van der Waals surface area contributed by atoms with E-state index in [0.717, 1.165) is 12.8 Å². The van der Waals surface area contributed by atoms with Gasteiger partial charge in [-0.1, -0.05) is 48.0 Å². The molecule has 0 heterocycles. The highest BCUT2D eigenvalue weighted by atomic mass is 16.1. The summed E-state index contributed by atoms with van der Waals surface area (Å²) >= 11 is 0. The summed E-state index contributed by atoms with van der Waals surface area (Å²) in [6, 6.07) is 0.356. The molecule has 0 aliphatic heterocycles. The van der Waals surface area contributed by atoms with Crippen LogP contribution in [0.15, 0.2) is 0 Å². The Balaban J connectivity index is 3.02. The van der Waals surface area contributed by atoms with E-state index in [1.165, 1.54) is 12.8 Å². The van der Waals surface area contributed by atoms with Crippen LogP contribution in [0.4, 0.5) is 0 Å². The van der Waals surface area contributed by atoms with E-state index in [2.05, 4.69) is 46.9 Å². The standard InChI is InChI=1S/C16H31NO/c1-12(18)17-13-9-8-10-16(11-13,14(2,3)4)15(5,6)7/h13H,8-11H2,1-7H3,(H,17,18). The Labute approximate surface area is 113 Å². The molecule has 18 heavy (non-hydrogen) atoms. The maximum absolute atomic E-state index is 11.3. The molecule has 0 aromatic rings. The van der Waals surface area contributed by atoms with Crippen molar-refractivity contribution in [3.8, 4) is 0 Å². The third kappa shape index (κ3) is 2.89. The quantitative estimate of drug-likeness (QED) is 0.747. The summed E-state index contributed by atoms with van der Waals surface area (Å²) in [7, 11) is 0. The highest BCUT2D eigenvalue weighted by Gasteiger charge is 2.52. The van der Waals surface area contributed by atoms with Gasteiger partial charge in [0.2, 0.25) is 5.91 Å². The summed E-state index contributed by atoms with van der Waals surface area (Å²) in [6.07, 6.45) is 4.74. The maximum Gasteiger partial charge on any atom is 0.217 e. The van der Waals surface area contributed by atoms with Crippen molar-refractivity contribution in [1.82, 2.24) is 5.32 Å². The van der Waals surface area contributed by atoms with Crippen molar-refractivity contribution in [3.05, 3.63) is 0 Å². The van der Waals surface area contributed by atoms with Crippen LogP contribution in [0.1, 0.15) is 74.1 Å². The summed E-state index contributed by atoms with van der Waals surface area (Å²) in [4.78, 5) is 11.3. The van der Waals surface area contributed by atoms with E-state index in [4.69, 9.17) is 0 Å². The Hall–Kier alpha value is -0.530. The second kappa shape index (κ2) is 4.86. The van der Waals surface area contributed by atoms with Crippen LogP contribution in [0, 0.1) is 16.2 Å². The SMILES string of the molecule is CC(=O)NC1CCCC(C(C)(C)C)(C(C)(C)C)C1. The van der Waals surface area contributed by atoms with Crippen molar-refractivity contribution in [1.29, 1.82) is 0 Å². The van der Waals surface area contributed by atoms with Crippen LogP contribution in [-0.2, 0) is 4.79 Å². The molecule has 0 bridgehead atoms. The molecular weight excluding hydrogens is 222 g/mol. The van der Waals surface area contributed by atoms with Gasteiger partial charge in [0.25, 0.3) is 0 Å². The molecule has 0 radical (unpaired) electrons. The molecule has 1 saturated carbocycles. The molecule has 1 rings (SSSR count). The molecule has 0 aromatic carbocycles. The predicted octanol–water partition coefficient (Wildman–Crippen LogP) is 4.14. The van der Waals surface area contributed by atoms with Gasteiger partial charge >= 0.3 is 0 Å². The molecule has 106 valence electrons. The molecule has 1 fully saturated rings. The van der Waals surface area contributed by atoms with E-state index in [0.29, 0.717) is 11.5 Å². The normalized spacial score (nSPS) is 24.7. The topological polar surface area (TPSA) is 29.1 Å². The monoisotopic (exact) mass is 253 g/mol. The fourth-order valence-corrected chi connectivity index (χ4v) is 4.17. The van der Waals surface area contributed by atoms with Gasteiger partial charge in [-0.15, -0.1) is 0 Å². The highest BCUT2D eigenvalue weighted by molar-refractivity contribution is 5.73. The molecule has 1 aliphatic carbocycles. The summed E-state index contributed by atoms with van der Waals surface area (Å²) in [5, 5.41) is 3.14. The third-order valence-electron chi connectivity index (χ3n) is 5.03. The van der Waals surface area contributed by atoms with Crippen molar-refractivity contribution < 1.29 is 4.79 Å². The molecule has 1 amide bonds. The highest BCUT2D eigenvalue weighted by Crippen LogP contribution is 2.59. The minimum atomic E-state index is 0.110. The Morgan fingerprint density at radius 1 is 1.11 bits per heavy atom. The van der Waals surface area contributed by atoms with E-state index < -0.39 is 0 Å². The Bertz CT molecular complexity index is 292. The summed E-state index contributed by atoms with van der Waals surface area (Å²) < 4.78 is 0. The number of rotatable bonds is 1. The molecular formula is C16H31NO. The average molecular weight is 253 g/mol. The Morgan fingerprint density at radius 2 is 1.61 bits per heavy atom. The van der Waals surface area contributed by atoms with E-state index in [9.17, 15) is 4.79 Å². The van der Waals surface area contributed by atoms with Crippen molar-refractivity contribution in [2.24, 2.45) is 16.2 Å². The van der Waals surface area contributed by atoms with Crippen molar-refractivity contribution in [2.45, 2.75) is 80.2 Å². The Kier molecular flexibility index (Phi) is 4.19. The zero-order valence-electron chi connectivity index (χ0n) is 13.3. The lowest BCUT2D eigenvalue weighted by Crippen LogP contribution is -2.53. The first-order valence-corrected chi connectivity index (χ1v) is 7.27. The number of hydrogen-bond donors (Lipinski definition) is 1. The number of nitrogens with one attached hydrogen (secondary N) is 1. The van der Waals surface area contributed by atoms with Crippen LogP contribution < -0.4 is 5.32 Å². The lowest BCUT2D eigenvalue weighted by Gasteiger charge is -2.57. The summed E-state index contributed by atoms with van der Waals surface area (Å²) in [5.74, 6) is 0.110. The van der Waals surface area contributed by atoms with E-state index in [-0.39, 0.29) is 16.7 Å². The van der Waals surface area contributed by atoms with Crippen molar-refractivity contribution in [2.75, 3.05) is 0 Å². The van der Waals surface area contributed by atoms with E-state index >= 15 is 0 Å². The molecule has 0 spiro atoms. The van der Waals surface area contributed by atoms with Crippen LogP contribution >= 0.6 is 0 Å². The minimum Gasteiger partial charge on any atom is -0.354 e. The molecule has 0 saturated heterocycles. The van der Waals surface area contributed by atoms with Crippen LogP contribution in [-0.4, -0.2) is 11.9 Å². The first kappa shape index (κ1) is 15.5. The second-order valence-electron chi connectivity index (χ2n) is 8.08. The van der Waals surface area contributed by atoms with E-state index in [1.54, 1.807) is 6.92 Å². The number of carbonyl (C=O) groups excluding carboxylic acids is 1. The summed E-state index contributed by atoms with van der Waals surface area (Å²) in [5.41, 5.74) is 0.830. The fourth-order valence-electron chi connectivity index (χ4n) is 4.17. The molecule has 0 aromatic heterocycles. The van der Waals surface area contributed by atoms with Gasteiger partial charge in [0.1, 0.15) is 0 Å². The second-order valence-corrected chi connectivity index (χ2v) is 8.08. The molecule has 1 atom stereocenters. The zero-order chi connectivity index (χ0) is 14.2. The Morgan fingerprint density at radius 3 is 2.00 bits per heavy atom. The molecule has 2 nitrogen and oxygen atoms in total. The predicted molar refractivity (Wildman–Crippen MR) is 77.4 cm³/mol. The van der Waals surface area contributed by atoms with E-state index in [1.807, 2.05) is 0 Å². The molecule has 1 N–H and O–H groups in total. The lowest BCUT2D eigenvalue weighted by atomic mass is 9.48. The van der Waals surface area contributed by atoms with Gasteiger partial charge < -0.3 is 5.32 Å². The zero-order valence-corrected chi connectivity index (χ0v) is 13.3. The van der Waals surface area contributed by atoms with Gasteiger partial charge in [-0.2, -0.15) is 0 Å². The van der Waals surface area contributed by atoms with Gasteiger partial charge in [0, 0.05) is 13.0 Å². The minimum absolute atomic E-state index is 0.110. The van der Waals surface area contributed by atoms with Gasteiger partial charge in [0.15, 0.2) is 0 Å². The molecule has 1 aliphatic rings. The largest absolute Gasteiger partial charge is 0.354 e. The molecule has 1 unspecified atom stereocenters. The van der Waals surface area contributed by atoms with Gasteiger partial charge in [-0.3, -0.25) is 4.79 Å². The van der Waals surface area contributed by atoms with Crippen LogP contribution in [0.2, 0.25) is 0 Å². The fraction of sp³-hybridized carbons (Fsp3) is 0.938. The lowest BCUT2D eigenvalue weighted by molar-refractivity contribution is -0.122. The maximum atomic E-state index is 11.3. The first-order chi connectivity index (χ1) is 7.99. The van der Waals surface area contributed by atoms with Crippen LogP contribution in [0.25, 0.3) is 0 Å². The van der Waals surface area contributed by atoms with Crippen molar-refractivity contribution in [3.63, 3.8) is 0 Å². The van der Waals surface area contributed by atoms with Gasteiger partial charge in [-0.05, 0) is 35.5 Å². The average Bonchev–Trinajstić information content (AvgIpc) is 2.13. The van der Waals surface area contributed by atoms with Gasteiger partial charge in [-0.25, -0.2) is 0 Å². The van der Waals surface area contributed by atoms with Crippen molar-refractivity contribution >= 4 is 5.91 Å². The summed E-state index contributed by atoms with van der Waals surface area (Å²) in [6.45, 7) is 15.8.